The third kappa shape index (κ3) is 1.69. The molecule has 3 nitrogen and oxygen atoms in total. The number of hydrogen-bond acceptors (Lipinski definition) is 3. The van der Waals surface area contributed by atoms with Crippen molar-refractivity contribution in [1.29, 1.82) is 0 Å². The third-order valence-corrected chi connectivity index (χ3v) is 3.78. The van der Waals surface area contributed by atoms with Gasteiger partial charge in [0.15, 0.2) is 0 Å². The van der Waals surface area contributed by atoms with Crippen LogP contribution in [0, 0.1) is 11.3 Å². The van der Waals surface area contributed by atoms with E-state index in [1.807, 2.05) is 0 Å². The zero-order chi connectivity index (χ0) is 10.2. The maximum atomic E-state index is 5.58. The Morgan fingerprint density at radius 3 is 2.93 bits per heavy atom. The van der Waals surface area contributed by atoms with E-state index >= 15 is 0 Å². The van der Waals surface area contributed by atoms with E-state index in [0.29, 0.717) is 11.5 Å². The third-order valence-electron chi connectivity index (χ3n) is 3.78. The van der Waals surface area contributed by atoms with Crippen LogP contribution in [0.2, 0.25) is 0 Å². The highest BCUT2D eigenvalue weighted by atomic mass is 16.5. The van der Waals surface area contributed by atoms with Gasteiger partial charge in [-0.05, 0) is 24.9 Å². The first-order valence-electron chi connectivity index (χ1n) is 5.67. The van der Waals surface area contributed by atoms with Crippen LogP contribution < -0.4 is 5.73 Å². The summed E-state index contributed by atoms with van der Waals surface area (Å²) in [5.74, 6) is 0.736. The highest BCUT2D eigenvalue weighted by Gasteiger charge is 2.49. The largest absolute Gasteiger partial charge is 0.379 e. The fourth-order valence-electron chi connectivity index (χ4n) is 2.95. The summed E-state index contributed by atoms with van der Waals surface area (Å²) in [5, 5.41) is 0. The summed E-state index contributed by atoms with van der Waals surface area (Å²) in [7, 11) is 0. The molecular weight excluding hydrogens is 176 g/mol. The predicted octanol–water partition coefficient (Wildman–Crippen LogP) is 0.692. The Morgan fingerprint density at radius 2 is 2.21 bits per heavy atom. The van der Waals surface area contributed by atoms with Gasteiger partial charge in [0, 0.05) is 18.5 Å². The molecule has 2 fully saturated rings. The van der Waals surface area contributed by atoms with Crippen molar-refractivity contribution in [2.45, 2.75) is 26.3 Å². The Kier molecular flexibility index (Phi) is 2.82. The van der Waals surface area contributed by atoms with Crippen molar-refractivity contribution >= 4 is 0 Å². The van der Waals surface area contributed by atoms with E-state index in [1.165, 1.54) is 6.54 Å². The van der Waals surface area contributed by atoms with Crippen LogP contribution in [0.5, 0.6) is 0 Å². The van der Waals surface area contributed by atoms with Gasteiger partial charge in [0.1, 0.15) is 0 Å². The molecule has 3 heteroatoms. The average molecular weight is 198 g/mol. The molecule has 82 valence electrons. The molecule has 2 unspecified atom stereocenters. The quantitative estimate of drug-likeness (QED) is 0.725. The van der Waals surface area contributed by atoms with Crippen molar-refractivity contribution in [3.05, 3.63) is 0 Å². The molecule has 2 atom stereocenters. The van der Waals surface area contributed by atoms with Gasteiger partial charge in [0.25, 0.3) is 0 Å². The van der Waals surface area contributed by atoms with Gasteiger partial charge in [0.2, 0.25) is 0 Å². The number of likely N-dealkylation sites (tertiary alicyclic amines) is 1. The molecule has 0 aromatic rings. The molecule has 2 aliphatic heterocycles. The van der Waals surface area contributed by atoms with E-state index in [4.69, 9.17) is 10.5 Å². The maximum absolute atomic E-state index is 5.58. The number of rotatable bonds is 3. The Bertz CT molecular complexity index is 205. The summed E-state index contributed by atoms with van der Waals surface area (Å²) in [6.45, 7) is 9.77. The first-order chi connectivity index (χ1) is 6.65. The van der Waals surface area contributed by atoms with Crippen LogP contribution in [0.25, 0.3) is 0 Å². The Morgan fingerprint density at radius 1 is 1.43 bits per heavy atom. The van der Waals surface area contributed by atoms with Crippen LogP contribution in [0.4, 0.5) is 0 Å². The highest BCUT2D eigenvalue weighted by Crippen LogP contribution is 2.42. The molecule has 0 aromatic heterocycles. The molecule has 0 saturated carbocycles. The Labute approximate surface area is 86.6 Å². The average Bonchev–Trinajstić information content (AvgIpc) is 2.67. The van der Waals surface area contributed by atoms with Crippen LogP contribution in [-0.2, 0) is 4.74 Å². The van der Waals surface area contributed by atoms with E-state index in [-0.39, 0.29) is 0 Å². The minimum Gasteiger partial charge on any atom is -0.379 e. The lowest BCUT2D eigenvalue weighted by Gasteiger charge is -2.23. The lowest BCUT2D eigenvalue weighted by Crippen LogP contribution is -2.34. The van der Waals surface area contributed by atoms with E-state index in [0.717, 1.165) is 38.6 Å². The van der Waals surface area contributed by atoms with Crippen LogP contribution in [-0.4, -0.2) is 43.8 Å². The summed E-state index contributed by atoms with van der Waals surface area (Å²) in [4.78, 5) is 2.57. The summed E-state index contributed by atoms with van der Waals surface area (Å²) >= 11 is 0. The molecule has 0 spiro atoms. The molecule has 0 bridgehead atoms. The number of hydrogen-bond donors (Lipinski definition) is 1. The zero-order valence-corrected chi connectivity index (χ0v) is 9.33. The lowest BCUT2D eigenvalue weighted by molar-refractivity contribution is 0.120. The van der Waals surface area contributed by atoms with Gasteiger partial charge >= 0.3 is 0 Å². The normalized spacial score (nSPS) is 36.2. The fourth-order valence-corrected chi connectivity index (χ4v) is 2.95. The van der Waals surface area contributed by atoms with Gasteiger partial charge in [-0.1, -0.05) is 13.8 Å². The van der Waals surface area contributed by atoms with E-state index in [2.05, 4.69) is 18.7 Å². The number of ether oxygens (including phenoxy) is 1. The van der Waals surface area contributed by atoms with Crippen molar-refractivity contribution in [3.63, 3.8) is 0 Å². The molecule has 0 aromatic carbocycles. The van der Waals surface area contributed by atoms with Crippen LogP contribution in [0.15, 0.2) is 0 Å². The van der Waals surface area contributed by atoms with Gasteiger partial charge in [-0.2, -0.15) is 0 Å². The first-order valence-corrected chi connectivity index (χ1v) is 5.67. The number of nitrogens with zero attached hydrogens (tertiary/aromatic N) is 1. The number of fused-ring (bicyclic) bond motifs is 1. The Hall–Kier alpha value is -0.120. The van der Waals surface area contributed by atoms with Crippen molar-refractivity contribution < 1.29 is 4.74 Å². The second-order valence-corrected chi connectivity index (χ2v) is 5.31. The fraction of sp³-hybridized carbons (Fsp3) is 1.00. The second kappa shape index (κ2) is 3.80. The molecule has 14 heavy (non-hydrogen) atoms. The van der Waals surface area contributed by atoms with Gasteiger partial charge in [0.05, 0.1) is 13.2 Å². The topological polar surface area (TPSA) is 38.5 Å². The van der Waals surface area contributed by atoms with Gasteiger partial charge in [-0.25, -0.2) is 0 Å². The SMILES string of the molecule is CC1(C)CN(CCCN)C2COCC21. The first kappa shape index (κ1) is 10.4. The molecule has 0 radical (unpaired) electrons. The predicted molar refractivity (Wildman–Crippen MR) is 57.1 cm³/mol. The van der Waals surface area contributed by atoms with Crippen molar-refractivity contribution in [2.75, 3.05) is 32.8 Å². The molecule has 2 saturated heterocycles. The molecule has 0 amide bonds. The van der Waals surface area contributed by atoms with Gasteiger partial charge in [-0.15, -0.1) is 0 Å². The van der Waals surface area contributed by atoms with Crippen molar-refractivity contribution in [2.24, 2.45) is 17.1 Å². The summed E-state index contributed by atoms with van der Waals surface area (Å²) in [6.07, 6.45) is 1.11. The van der Waals surface area contributed by atoms with Gasteiger partial charge < -0.3 is 10.5 Å². The highest BCUT2D eigenvalue weighted by molar-refractivity contribution is 5.00. The van der Waals surface area contributed by atoms with E-state index in [1.54, 1.807) is 0 Å². The van der Waals surface area contributed by atoms with Gasteiger partial charge in [-0.3, -0.25) is 4.90 Å². The summed E-state index contributed by atoms with van der Waals surface area (Å²) in [5.41, 5.74) is 5.98. The van der Waals surface area contributed by atoms with E-state index < -0.39 is 0 Å². The smallest absolute Gasteiger partial charge is 0.0625 e. The summed E-state index contributed by atoms with van der Waals surface area (Å²) in [6, 6.07) is 0.663. The zero-order valence-electron chi connectivity index (χ0n) is 9.33. The monoisotopic (exact) mass is 198 g/mol. The molecular formula is C11H22N2O. The number of nitrogens with two attached hydrogens (primary N) is 1. The molecule has 2 aliphatic rings. The van der Waals surface area contributed by atoms with E-state index in [9.17, 15) is 0 Å². The minimum absolute atomic E-state index is 0.426. The standard InChI is InChI=1S/C11H22N2O/c1-11(2)8-13(5-3-4-12)10-7-14-6-9(10)11/h9-10H,3-8,12H2,1-2H3. The molecule has 2 N–H and O–H groups in total. The van der Waals surface area contributed by atoms with Crippen LogP contribution in [0.1, 0.15) is 20.3 Å². The van der Waals surface area contributed by atoms with Crippen molar-refractivity contribution in [1.82, 2.24) is 4.90 Å². The second-order valence-electron chi connectivity index (χ2n) is 5.31. The summed E-state index contributed by atoms with van der Waals surface area (Å²) < 4.78 is 5.58. The maximum Gasteiger partial charge on any atom is 0.0625 e. The molecule has 0 aliphatic carbocycles. The van der Waals surface area contributed by atoms with Crippen LogP contribution in [0.3, 0.4) is 0 Å². The minimum atomic E-state index is 0.426. The molecule has 2 rings (SSSR count). The van der Waals surface area contributed by atoms with Crippen LogP contribution >= 0.6 is 0 Å². The Balaban J connectivity index is 2.00. The van der Waals surface area contributed by atoms with Crippen molar-refractivity contribution in [3.8, 4) is 0 Å². The lowest BCUT2D eigenvalue weighted by atomic mass is 9.80. The molecule has 2 heterocycles.